The Bertz CT molecular complexity index is 511. The number of aromatic nitrogens is 1. The lowest BCUT2D eigenvalue weighted by molar-refractivity contribution is 1.06. The molecule has 0 aliphatic heterocycles. The van der Waals surface area contributed by atoms with Gasteiger partial charge in [0, 0.05) is 22.8 Å². The smallest absolute Gasteiger partial charge is 0.128 e. The molecule has 0 aliphatic rings. The molecule has 1 heterocycles. The van der Waals surface area contributed by atoms with E-state index in [1.165, 1.54) is 0 Å². The lowest BCUT2D eigenvalue weighted by Crippen LogP contribution is -2.05. The van der Waals surface area contributed by atoms with Gasteiger partial charge in [-0.05, 0) is 23.3 Å². The highest BCUT2D eigenvalue weighted by Gasteiger charge is 2.09. The number of anilines is 1. The van der Waals surface area contributed by atoms with Crippen LogP contribution in [0.2, 0.25) is 0 Å². The summed E-state index contributed by atoms with van der Waals surface area (Å²) in [6, 6.07) is 9.90. The van der Waals surface area contributed by atoms with Gasteiger partial charge < -0.3 is 11.5 Å². The summed E-state index contributed by atoms with van der Waals surface area (Å²) >= 11 is 3.52. The average Bonchev–Trinajstić information content (AvgIpc) is 2.29. The molecular formula is C12H12BrN3. The minimum atomic E-state index is 0.385. The van der Waals surface area contributed by atoms with E-state index in [1.54, 1.807) is 6.20 Å². The standard InChI is InChI=1S/C12H12BrN3/c13-11-4-2-1-3-9(11)8-5-6-16-12(15)10(8)7-14/h1-6H,7,14H2,(H2,15,16). The first kappa shape index (κ1) is 11.1. The largest absolute Gasteiger partial charge is 0.383 e. The average molecular weight is 278 g/mol. The quantitative estimate of drug-likeness (QED) is 0.887. The highest BCUT2D eigenvalue weighted by molar-refractivity contribution is 9.10. The third-order valence-electron chi connectivity index (χ3n) is 2.46. The number of hydrogen-bond acceptors (Lipinski definition) is 3. The maximum absolute atomic E-state index is 5.81. The van der Waals surface area contributed by atoms with Crippen molar-refractivity contribution in [3.8, 4) is 11.1 Å². The van der Waals surface area contributed by atoms with Gasteiger partial charge in [0.25, 0.3) is 0 Å². The Morgan fingerprint density at radius 3 is 2.56 bits per heavy atom. The van der Waals surface area contributed by atoms with Gasteiger partial charge in [-0.1, -0.05) is 34.1 Å². The molecule has 0 aliphatic carbocycles. The number of nitrogens with zero attached hydrogens (tertiary/aromatic N) is 1. The predicted octanol–water partition coefficient (Wildman–Crippen LogP) is 2.55. The van der Waals surface area contributed by atoms with Crippen molar-refractivity contribution in [2.75, 3.05) is 5.73 Å². The van der Waals surface area contributed by atoms with Gasteiger partial charge in [0.1, 0.15) is 5.82 Å². The van der Waals surface area contributed by atoms with Crippen LogP contribution in [0, 0.1) is 0 Å². The number of nitrogen functional groups attached to an aromatic ring is 1. The third kappa shape index (κ3) is 1.94. The van der Waals surface area contributed by atoms with Crippen LogP contribution in [-0.4, -0.2) is 4.98 Å². The maximum atomic E-state index is 5.81. The number of rotatable bonds is 2. The van der Waals surface area contributed by atoms with E-state index in [9.17, 15) is 0 Å². The summed E-state index contributed by atoms with van der Waals surface area (Å²) in [6.07, 6.45) is 1.70. The Morgan fingerprint density at radius 2 is 1.88 bits per heavy atom. The minimum Gasteiger partial charge on any atom is -0.383 e. The van der Waals surface area contributed by atoms with E-state index < -0.39 is 0 Å². The van der Waals surface area contributed by atoms with Crippen LogP contribution in [0.3, 0.4) is 0 Å². The van der Waals surface area contributed by atoms with E-state index in [2.05, 4.69) is 20.9 Å². The van der Waals surface area contributed by atoms with Gasteiger partial charge >= 0.3 is 0 Å². The summed E-state index contributed by atoms with van der Waals surface area (Å²) in [6.45, 7) is 0.385. The normalized spacial score (nSPS) is 10.4. The Morgan fingerprint density at radius 1 is 1.12 bits per heavy atom. The van der Waals surface area contributed by atoms with Gasteiger partial charge in [-0.25, -0.2) is 4.98 Å². The Balaban J connectivity index is 2.65. The van der Waals surface area contributed by atoms with Crippen molar-refractivity contribution < 1.29 is 0 Å². The van der Waals surface area contributed by atoms with Crippen molar-refractivity contribution in [1.82, 2.24) is 4.98 Å². The molecule has 4 heteroatoms. The van der Waals surface area contributed by atoms with Gasteiger partial charge in [0.05, 0.1) is 0 Å². The van der Waals surface area contributed by atoms with Crippen LogP contribution >= 0.6 is 15.9 Å². The Hall–Kier alpha value is -1.39. The lowest BCUT2D eigenvalue weighted by Gasteiger charge is -2.11. The summed E-state index contributed by atoms with van der Waals surface area (Å²) in [4.78, 5) is 4.05. The Labute approximate surface area is 103 Å². The zero-order chi connectivity index (χ0) is 11.5. The van der Waals surface area contributed by atoms with Crippen LogP contribution in [-0.2, 0) is 6.54 Å². The highest BCUT2D eigenvalue weighted by atomic mass is 79.9. The summed E-state index contributed by atoms with van der Waals surface area (Å²) in [5.41, 5.74) is 14.5. The first-order valence-electron chi connectivity index (χ1n) is 4.92. The molecule has 2 rings (SSSR count). The van der Waals surface area contributed by atoms with Crippen LogP contribution in [0.25, 0.3) is 11.1 Å². The molecule has 82 valence electrons. The van der Waals surface area contributed by atoms with E-state index >= 15 is 0 Å². The lowest BCUT2D eigenvalue weighted by atomic mass is 10.0. The van der Waals surface area contributed by atoms with E-state index in [4.69, 9.17) is 11.5 Å². The van der Waals surface area contributed by atoms with E-state index in [-0.39, 0.29) is 0 Å². The fraction of sp³-hybridized carbons (Fsp3) is 0.0833. The number of nitrogens with two attached hydrogens (primary N) is 2. The highest BCUT2D eigenvalue weighted by Crippen LogP contribution is 2.31. The molecule has 3 nitrogen and oxygen atoms in total. The molecule has 0 saturated carbocycles. The fourth-order valence-electron chi connectivity index (χ4n) is 1.66. The number of benzene rings is 1. The van der Waals surface area contributed by atoms with Crippen molar-refractivity contribution in [3.05, 3.63) is 46.6 Å². The van der Waals surface area contributed by atoms with E-state index in [0.717, 1.165) is 21.2 Å². The molecule has 0 bridgehead atoms. The molecule has 0 radical (unpaired) electrons. The molecule has 2 aromatic rings. The SMILES string of the molecule is NCc1c(-c2ccccc2Br)ccnc1N. The minimum absolute atomic E-state index is 0.385. The zero-order valence-corrected chi connectivity index (χ0v) is 10.2. The second kappa shape index (κ2) is 4.63. The van der Waals surface area contributed by atoms with Gasteiger partial charge in [-0.15, -0.1) is 0 Å². The molecule has 16 heavy (non-hydrogen) atoms. The number of pyridine rings is 1. The fourth-order valence-corrected chi connectivity index (χ4v) is 2.15. The molecule has 0 atom stereocenters. The van der Waals surface area contributed by atoms with Crippen molar-refractivity contribution in [1.29, 1.82) is 0 Å². The molecular weight excluding hydrogens is 266 g/mol. The second-order valence-electron chi connectivity index (χ2n) is 3.41. The molecule has 0 spiro atoms. The molecule has 0 fully saturated rings. The second-order valence-corrected chi connectivity index (χ2v) is 4.26. The summed E-state index contributed by atoms with van der Waals surface area (Å²) in [7, 11) is 0. The third-order valence-corrected chi connectivity index (χ3v) is 3.15. The van der Waals surface area contributed by atoms with E-state index in [1.807, 2.05) is 30.3 Å². The summed E-state index contributed by atoms with van der Waals surface area (Å²) < 4.78 is 1.02. The van der Waals surface area contributed by atoms with Crippen molar-refractivity contribution in [3.63, 3.8) is 0 Å². The summed E-state index contributed by atoms with van der Waals surface area (Å²) in [5.74, 6) is 0.496. The van der Waals surface area contributed by atoms with Gasteiger partial charge in [-0.2, -0.15) is 0 Å². The first-order chi connectivity index (χ1) is 7.74. The van der Waals surface area contributed by atoms with Gasteiger partial charge in [0.15, 0.2) is 0 Å². The molecule has 1 aromatic carbocycles. The first-order valence-corrected chi connectivity index (χ1v) is 5.71. The van der Waals surface area contributed by atoms with Crippen LogP contribution in [0.4, 0.5) is 5.82 Å². The van der Waals surface area contributed by atoms with Gasteiger partial charge in [-0.3, -0.25) is 0 Å². The predicted molar refractivity (Wildman–Crippen MR) is 69.7 cm³/mol. The molecule has 0 amide bonds. The molecule has 1 aromatic heterocycles. The van der Waals surface area contributed by atoms with Crippen LogP contribution in [0.5, 0.6) is 0 Å². The molecule has 0 unspecified atom stereocenters. The van der Waals surface area contributed by atoms with Crippen LogP contribution < -0.4 is 11.5 Å². The molecule has 4 N–H and O–H groups in total. The Kier molecular flexibility index (Phi) is 3.22. The topological polar surface area (TPSA) is 64.9 Å². The van der Waals surface area contributed by atoms with E-state index in [0.29, 0.717) is 12.4 Å². The maximum Gasteiger partial charge on any atom is 0.128 e. The number of halogens is 1. The van der Waals surface area contributed by atoms with Crippen molar-refractivity contribution >= 4 is 21.7 Å². The van der Waals surface area contributed by atoms with Crippen LogP contribution in [0.1, 0.15) is 5.56 Å². The van der Waals surface area contributed by atoms with Crippen molar-refractivity contribution in [2.45, 2.75) is 6.54 Å². The summed E-state index contributed by atoms with van der Waals surface area (Å²) in [5, 5.41) is 0. The molecule has 0 saturated heterocycles. The van der Waals surface area contributed by atoms with Crippen molar-refractivity contribution in [2.24, 2.45) is 5.73 Å². The van der Waals surface area contributed by atoms with Crippen LogP contribution in [0.15, 0.2) is 41.0 Å². The van der Waals surface area contributed by atoms with Gasteiger partial charge in [0.2, 0.25) is 0 Å². The number of hydrogen-bond donors (Lipinski definition) is 2. The monoisotopic (exact) mass is 277 g/mol. The zero-order valence-electron chi connectivity index (χ0n) is 8.65.